The molecule has 4 rings (SSSR count). The maximum atomic E-state index is 12.8. The molecule has 33 heavy (non-hydrogen) atoms. The molecule has 2 aromatic carbocycles. The van der Waals surface area contributed by atoms with Gasteiger partial charge in [0, 0.05) is 24.2 Å². The Kier molecular flexibility index (Phi) is 7.35. The first-order valence-corrected chi connectivity index (χ1v) is 11.6. The lowest BCUT2D eigenvalue weighted by atomic mass is 10.0. The number of likely N-dealkylation sites (N-methyl/N-ethyl adjacent to an activating group) is 1. The molecule has 0 saturated heterocycles. The van der Waals surface area contributed by atoms with E-state index in [-0.39, 0.29) is 5.91 Å². The Morgan fingerprint density at radius 1 is 1.00 bits per heavy atom. The van der Waals surface area contributed by atoms with Crippen molar-refractivity contribution in [3.05, 3.63) is 82.8 Å². The van der Waals surface area contributed by atoms with Gasteiger partial charge in [-0.15, -0.1) is 0 Å². The second-order valence-corrected chi connectivity index (χ2v) is 8.66. The van der Waals surface area contributed by atoms with Gasteiger partial charge in [-0.3, -0.25) is 14.6 Å². The van der Waals surface area contributed by atoms with E-state index >= 15 is 0 Å². The van der Waals surface area contributed by atoms with Gasteiger partial charge in [0.25, 0.3) is 0 Å². The van der Waals surface area contributed by atoms with E-state index in [9.17, 15) is 4.79 Å². The van der Waals surface area contributed by atoms with Crippen molar-refractivity contribution in [1.29, 1.82) is 0 Å². The van der Waals surface area contributed by atoms with Crippen LogP contribution in [0.4, 0.5) is 5.82 Å². The van der Waals surface area contributed by atoms with Crippen molar-refractivity contribution < 1.29 is 9.53 Å². The molecule has 0 atom stereocenters. The lowest BCUT2D eigenvalue weighted by Crippen LogP contribution is -2.39. The van der Waals surface area contributed by atoms with Gasteiger partial charge in [0.15, 0.2) is 0 Å². The Morgan fingerprint density at radius 3 is 2.55 bits per heavy atom. The zero-order valence-electron chi connectivity index (χ0n) is 19.8. The number of fused-ring (bicyclic) bond motifs is 1. The number of para-hydroxylation sites is 1. The molecule has 0 fully saturated rings. The minimum atomic E-state index is 0.0948. The summed E-state index contributed by atoms with van der Waals surface area (Å²) in [6.45, 7) is 6.49. The maximum Gasteiger partial charge on any atom is 0.228 e. The van der Waals surface area contributed by atoms with E-state index in [0.29, 0.717) is 32.5 Å². The minimum absolute atomic E-state index is 0.0948. The highest BCUT2D eigenvalue weighted by molar-refractivity contribution is 5.95. The zero-order valence-corrected chi connectivity index (χ0v) is 19.8. The number of benzene rings is 2. The fourth-order valence-corrected chi connectivity index (χ4v) is 4.19. The van der Waals surface area contributed by atoms with E-state index < -0.39 is 0 Å². The SMILES string of the molecule is Cc1ccccc1OCCN1C(=O)CCc2c(C)nc(CN(C)CCc3ccccc3)nc21. The molecular weight excluding hydrogens is 412 g/mol. The summed E-state index contributed by atoms with van der Waals surface area (Å²) in [4.78, 5) is 26.4. The number of anilines is 1. The van der Waals surface area contributed by atoms with E-state index in [1.807, 2.05) is 44.2 Å². The van der Waals surface area contributed by atoms with Crippen molar-refractivity contribution in [2.45, 2.75) is 39.7 Å². The number of hydrogen-bond donors (Lipinski definition) is 0. The van der Waals surface area contributed by atoms with Crippen molar-refractivity contribution in [3.8, 4) is 5.75 Å². The molecule has 0 radical (unpaired) electrons. The summed E-state index contributed by atoms with van der Waals surface area (Å²) >= 11 is 0. The van der Waals surface area contributed by atoms with Gasteiger partial charge >= 0.3 is 0 Å². The van der Waals surface area contributed by atoms with Crippen LogP contribution in [0.3, 0.4) is 0 Å². The summed E-state index contributed by atoms with van der Waals surface area (Å²) < 4.78 is 5.96. The van der Waals surface area contributed by atoms with E-state index in [2.05, 4.69) is 36.2 Å². The molecule has 2 heterocycles. The van der Waals surface area contributed by atoms with Gasteiger partial charge in [-0.05, 0) is 50.9 Å². The quantitative estimate of drug-likeness (QED) is 0.497. The Bertz CT molecular complexity index is 1100. The van der Waals surface area contributed by atoms with Crippen molar-refractivity contribution in [1.82, 2.24) is 14.9 Å². The van der Waals surface area contributed by atoms with Gasteiger partial charge < -0.3 is 4.74 Å². The topological polar surface area (TPSA) is 58.6 Å². The van der Waals surface area contributed by atoms with Gasteiger partial charge in [0.1, 0.15) is 24.0 Å². The fraction of sp³-hybridized carbons (Fsp3) is 0.370. The molecule has 0 spiro atoms. The smallest absolute Gasteiger partial charge is 0.228 e. The molecule has 0 N–H and O–H groups in total. The molecular formula is C27H32N4O2. The number of amides is 1. The summed E-state index contributed by atoms with van der Waals surface area (Å²) in [5.41, 5.74) is 4.43. The molecule has 0 unspecified atom stereocenters. The number of hydrogen-bond acceptors (Lipinski definition) is 5. The van der Waals surface area contributed by atoms with Crippen LogP contribution in [0.5, 0.6) is 5.75 Å². The number of carbonyl (C=O) groups is 1. The van der Waals surface area contributed by atoms with Gasteiger partial charge in [0.2, 0.25) is 5.91 Å². The van der Waals surface area contributed by atoms with Crippen molar-refractivity contribution in [2.24, 2.45) is 0 Å². The Hall–Kier alpha value is -3.25. The third-order valence-electron chi connectivity index (χ3n) is 6.09. The normalized spacial score (nSPS) is 13.3. The van der Waals surface area contributed by atoms with Gasteiger partial charge in [-0.25, -0.2) is 9.97 Å². The summed E-state index contributed by atoms with van der Waals surface area (Å²) in [5, 5.41) is 0. The van der Waals surface area contributed by atoms with Crippen LogP contribution in [-0.4, -0.2) is 47.5 Å². The summed E-state index contributed by atoms with van der Waals surface area (Å²) in [6, 6.07) is 18.4. The Labute approximate surface area is 196 Å². The number of ether oxygens (including phenoxy) is 1. The Balaban J connectivity index is 1.44. The largest absolute Gasteiger partial charge is 0.491 e. The molecule has 1 aromatic heterocycles. The number of rotatable bonds is 9. The zero-order chi connectivity index (χ0) is 23.2. The second-order valence-electron chi connectivity index (χ2n) is 8.66. The lowest BCUT2D eigenvalue weighted by molar-refractivity contribution is -0.119. The highest BCUT2D eigenvalue weighted by Crippen LogP contribution is 2.28. The Morgan fingerprint density at radius 2 is 1.76 bits per heavy atom. The lowest BCUT2D eigenvalue weighted by Gasteiger charge is -2.29. The predicted molar refractivity (Wildman–Crippen MR) is 131 cm³/mol. The van der Waals surface area contributed by atoms with Crippen LogP contribution in [-0.2, 0) is 24.2 Å². The van der Waals surface area contributed by atoms with Crippen LogP contribution < -0.4 is 9.64 Å². The molecule has 172 valence electrons. The molecule has 6 heteroatoms. The van der Waals surface area contributed by atoms with Crippen LogP contribution in [0.25, 0.3) is 0 Å². The van der Waals surface area contributed by atoms with E-state index in [0.717, 1.165) is 47.2 Å². The standard InChI is InChI=1S/C27H32N4O2/c1-20-9-7-8-12-24(20)33-18-17-31-26(32)14-13-23-21(2)28-25(29-27(23)31)19-30(3)16-15-22-10-5-4-6-11-22/h4-12H,13-19H2,1-3H3. The molecule has 0 bridgehead atoms. The highest BCUT2D eigenvalue weighted by atomic mass is 16.5. The monoisotopic (exact) mass is 444 g/mol. The molecule has 6 nitrogen and oxygen atoms in total. The summed E-state index contributed by atoms with van der Waals surface area (Å²) in [6.07, 6.45) is 2.15. The van der Waals surface area contributed by atoms with Crippen molar-refractivity contribution in [2.75, 3.05) is 31.6 Å². The summed E-state index contributed by atoms with van der Waals surface area (Å²) in [7, 11) is 2.08. The van der Waals surface area contributed by atoms with Crippen molar-refractivity contribution in [3.63, 3.8) is 0 Å². The van der Waals surface area contributed by atoms with E-state index in [4.69, 9.17) is 14.7 Å². The van der Waals surface area contributed by atoms with Gasteiger partial charge in [-0.2, -0.15) is 0 Å². The van der Waals surface area contributed by atoms with E-state index in [1.165, 1.54) is 5.56 Å². The molecule has 1 aliphatic heterocycles. The molecule has 3 aromatic rings. The first-order chi connectivity index (χ1) is 16.0. The fourth-order valence-electron chi connectivity index (χ4n) is 4.19. The third-order valence-corrected chi connectivity index (χ3v) is 6.09. The third kappa shape index (κ3) is 5.76. The minimum Gasteiger partial charge on any atom is -0.491 e. The molecule has 1 amide bonds. The number of nitrogens with zero attached hydrogens (tertiary/aromatic N) is 4. The molecule has 1 aliphatic rings. The maximum absolute atomic E-state index is 12.8. The van der Waals surface area contributed by atoms with Gasteiger partial charge in [0.05, 0.1) is 13.1 Å². The summed E-state index contributed by atoms with van der Waals surface area (Å²) in [5.74, 6) is 2.44. The average Bonchev–Trinajstić information content (AvgIpc) is 2.81. The van der Waals surface area contributed by atoms with E-state index in [1.54, 1.807) is 4.90 Å². The van der Waals surface area contributed by atoms with Crippen LogP contribution in [0, 0.1) is 13.8 Å². The van der Waals surface area contributed by atoms with Gasteiger partial charge in [-0.1, -0.05) is 48.5 Å². The first-order valence-electron chi connectivity index (χ1n) is 11.6. The number of aryl methyl sites for hydroxylation is 2. The van der Waals surface area contributed by atoms with Crippen LogP contribution in [0.2, 0.25) is 0 Å². The van der Waals surface area contributed by atoms with Crippen LogP contribution in [0.15, 0.2) is 54.6 Å². The average molecular weight is 445 g/mol. The number of aromatic nitrogens is 2. The highest BCUT2D eigenvalue weighted by Gasteiger charge is 2.28. The predicted octanol–water partition coefficient (Wildman–Crippen LogP) is 4.13. The second kappa shape index (κ2) is 10.6. The number of carbonyl (C=O) groups excluding carboxylic acids is 1. The molecule has 0 saturated carbocycles. The first kappa shape index (κ1) is 22.9. The molecule has 0 aliphatic carbocycles. The van der Waals surface area contributed by atoms with Crippen LogP contribution in [0.1, 0.15) is 34.6 Å². The van der Waals surface area contributed by atoms with Crippen LogP contribution >= 0.6 is 0 Å². The van der Waals surface area contributed by atoms with Crippen molar-refractivity contribution >= 4 is 11.7 Å².